The molecule has 0 aromatic carbocycles. The van der Waals surface area contributed by atoms with Crippen molar-refractivity contribution >= 4 is 0 Å². The Balaban J connectivity index is 1.79. The molecule has 98 valence electrons. The highest BCUT2D eigenvalue weighted by atomic mass is 16.3. The van der Waals surface area contributed by atoms with Crippen LogP contribution < -0.4 is 0 Å². The summed E-state index contributed by atoms with van der Waals surface area (Å²) >= 11 is 0. The fourth-order valence-electron chi connectivity index (χ4n) is 2.55. The van der Waals surface area contributed by atoms with Crippen LogP contribution in [0.4, 0.5) is 0 Å². The Morgan fingerprint density at radius 1 is 1.00 bits per heavy atom. The van der Waals surface area contributed by atoms with Gasteiger partial charge in [0.25, 0.3) is 0 Å². The summed E-state index contributed by atoms with van der Waals surface area (Å²) in [7, 11) is 0. The Hall–Kier alpha value is -0.560. The monoisotopic (exact) mass is 236 g/mol. The van der Waals surface area contributed by atoms with Gasteiger partial charge in [0.2, 0.25) is 0 Å². The highest BCUT2D eigenvalue weighted by molar-refractivity contribution is 5.02. The molecule has 0 saturated carbocycles. The van der Waals surface area contributed by atoms with Gasteiger partial charge in [-0.05, 0) is 31.6 Å². The van der Waals surface area contributed by atoms with Crippen LogP contribution in [0.5, 0.6) is 0 Å². The number of unbranched alkanes of at least 4 members (excludes halogenated alkanes) is 7. The van der Waals surface area contributed by atoms with Gasteiger partial charge in [-0.15, -0.1) is 6.58 Å². The molecule has 0 radical (unpaired) electrons. The predicted octanol–water partition coefficient (Wildman–Crippen LogP) is 4.62. The molecule has 0 fully saturated rings. The quantitative estimate of drug-likeness (QED) is 0.433. The first-order chi connectivity index (χ1) is 8.33. The molecule has 17 heavy (non-hydrogen) atoms. The van der Waals surface area contributed by atoms with Crippen LogP contribution in [0.2, 0.25) is 0 Å². The second-order valence-corrected chi connectivity index (χ2v) is 5.29. The minimum Gasteiger partial charge on any atom is -0.389 e. The molecule has 1 rings (SSSR count). The van der Waals surface area contributed by atoms with E-state index in [4.69, 9.17) is 0 Å². The van der Waals surface area contributed by atoms with Crippen LogP contribution in [0.25, 0.3) is 0 Å². The van der Waals surface area contributed by atoms with Gasteiger partial charge in [-0.1, -0.05) is 56.8 Å². The summed E-state index contributed by atoms with van der Waals surface area (Å²) in [6.07, 6.45) is 18.9. The van der Waals surface area contributed by atoms with Crippen LogP contribution in [-0.2, 0) is 0 Å². The van der Waals surface area contributed by atoms with E-state index in [1.807, 2.05) is 12.2 Å². The average molecular weight is 236 g/mol. The van der Waals surface area contributed by atoms with Crippen LogP contribution in [0.15, 0.2) is 24.8 Å². The molecule has 1 heteroatoms. The number of hydrogen-bond acceptors (Lipinski definition) is 1. The van der Waals surface area contributed by atoms with E-state index in [-0.39, 0.29) is 6.10 Å². The number of hydrogen-bond donors (Lipinski definition) is 1. The molecular weight excluding hydrogens is 208 g/mol. The zero-order chi connectivity index (χ0) is 12.3. The molecular formula is C16H28O. The molecule has 0 aromatic rings. The summed E-state index contributed by atoms with van der Waals surface area (Å²) in [6.45, 7) is 3.74. The lowest BCUT2D eigenvalue weighted by Gasteiger charge is -2.08. The number of allylic oxidation sites excluding steroid dienone is 2. The Bertz CT molecular complexity index is 220. The lowest BCUT2D eigenvalue weighted by atomic mass is 9.99. The lowest BCUT2D eigenvalue weighted by Crippen LogP contribution is -2.01. The normalized spacial score (nSPS) is 23.1. The minimum atomic E-state index is -0.162. The lowest BCUT2D eigenvalue weighted by molar-refractivity contribution is 0.207. The first-order valence-electron chi connectivity index (χ1n) is 7.30. The van der Waals surface area contributed by atoms with Crippen molar-refractivity contribution in [3.8, 4) is 0 Å². The average Bonchev–Trinajstić information content (AvgIpc) is 2.73. The summed E-state index contributed by atoms with van der Waals surface area (Å²) in [5.74, 6) is 0.651. The highest BCUT2D eigenvalue weighted by Crippen LogP contribution is 2.23. The number of rotatable bonds is 10. The number of aliphatic hydroxyl groups excluding tert-OH is 1. The maximum absolute atomic E-state index is 9.35. The smallest absolute Gasteiger partial charge is 0.0726 e. The van der Waals surface area contributed by atoms with Crippen LogP contribution in [0.3, 0.4) is 0 Å². The van der Waals surface area contributed by atoms with Crippen molar-refractivity contribution in [2.75, 3.05) is 0 Å². The maximum atomic E-state index is 9.35. The minimum absolute atomic E-state index is 0.162. The first-order valence-corrected chi connectivity index (χ1v) is 7.30. The van der Waals surface area contributed by atoms with E-state index in [0.29, 0.717) is 5.92 Å². The zero-order valence-corrected chi connectivity index (χ0v) is 11.1. The van der Waals surface area contributed by atoms with E-state index in [0.717, 1.165) is 6.42 Å². The molecule has 0 bridgehead atoms. The molecule has 0 saturated heterocycles. The summed E-state index contributed by atoms with van der Waals surface area (Å²) in [4.78, 5) is 0. The third-order valence-electron chi connectivity index (χ3n) is 3.63. The molecule has 1 aliphatic carbocycles. The predicted molar refractivity (Wildman–Crippen MR) is 75.0 cm³/mol. The SMILES string of the molecule is C=CCCCCCCCCC[C@H]1C=C[C@H](O)C1. The maximum Gasteiger partial charge on any atom is 0.0726 e. The van der Waals surface area contributed by atoms with Gasteiger partial charge in [-0.2, -0.15) is 0 Å². The fourth-order valence-corrected chi connectivity index (χ4v) is 2.55. The molecule has 0 aliphatic heterocycles. The molecule has 0 amide bonds. The van der Waals surface area contributed by atoms with Crippen LogP contribution in [-0.4, -0.2) is 11.2 Å². The summed E-state index contributed by atoms with van der Waals surface area (Å²) in [5.41, 5.74) is 0. The standard InChI is InChI=1S/C16H28O/c1-2-3-4-5-6-7-8-9-10-11-15-12-13-16(17)14-15/h2,12-13,15-17H,1,3-11,14H2/t15-,16-/m0/s1. The summed E-state index contributed by atoms with van der Waals surface area (Å²) in [6, 6.07) is 0. The Labute approximate surface area is 107 Å². The third kappa shape index (κ3) is 7.38. The van der Waals surface area contributed by atoms with Gasteiger partial charge in [0, 0.05) is 0 Å². The molecule has 0 aromatic heterocycles. The molecule has 1 nitrogen and oxygen atoms in total. The van der Waals surface area contributed by atoms with Gasteiger partial charge in [-0.3, -0.25) is 0 Å². The van der Waals surface area contributed by atoms with Crippen LogP contribution in [0, 0.1) is 5.92 Å². The Kier molecular flexibility index (Phi) is 8.08. The van der Waals surface area contributed by atoms with Crippen molar-refractivity contribution in [2.24, 2.45) is 5.92 Å². The number of aliphatic hydroxyl groups is 1. The van der Waals surface area contributed by atoms with E-state index in [1.165, 1.54) is 57.8 Å². The Morgan fingerprint density at radius 3 is 2.24 bits per heavy atom. The van der Waals surface area contributed by atoms with Gasteiger partial charge in [0.1, 0.15) is 0 Å². The van der Waals surface area contributed by atoms with Gasteiger partial charge in [0.15, 0.2) is 0 Å². The van der Waals surface area contributed by atoms with Gasteiger partial charge >= 0.3 is 0 Å². The molecule has 0 heterocycles. The van der Waals surface area contributed by atoms with Crippen molar-refractivity contribution in [1.82, 2.24) is 0 Å². The van der Waals surface area contributed by atoms with Crippen molar-refractivity contribution in [1.29, 1.82) is 0 Å². The molecule has 0 spiro atoms. The first kappa shape index (κ1) is 14.5. The van der Waals surface area contributed by atoms with Gasteiger partial charge in [0.05, 0.1) is 6.10 Å². The molecule has 1 N–H and O–H groups in total. The largest absolute Gasteiger partial charge is 0.389 e. The van der Waals surface area contributed by atoms with E-state index < -0.39 is 0 Å². The van der Waals surface area contributed by atoms with Crippen molar-refractivity contribution in [2.45, 2.75) is 70.3 Å². The van der Waals surface area contributed by atoms with Crippen molar-refractivity contribution < 1.29 is 5.11 Å². The van der Waals surface area contributed by atoms with E-state index >= 15 is 0 Å². The van der Waals surface area contributed by atoms with Crippen LogP contribution in [0.1, 0.15) is 64.2 Å². The van der Waals surface area contributed by atoms with Gasteiger partial charge < -0.3 is 5.11 Å². The van der Waals surface area contributed by atoms with Crippen molar-refractivity contribution in [3.05, 3.63) is 24.8 Å². The highest BCUT2D eigenvalue weighted by Gasteiger charge is 2.15. The molecule has 1 aliphatic rings. The van der Waals surface area contributed by atoms with Gasteiger partial charge in [-0.25, -0.2) is 0 Å². The van der Waals surface area contributed by atoms with Crippen LogP contribution >= 0.6 is 0 Å². The van der Waals surface area contributed by atoms with E-state index in [1.54, 1.807) is 0 Å². The van der Waals surface area contributed by atoms with E-state index in [9.17, 15) is 5.11 Å². The Morgan fingerprint density at radius 2 is 1.65 bits per heavy atom. The zero-order valence-electron chi connectivity index (χ0n) is 11.1. The molecule has 2 atom stereocenters. The van der Waals surface area contributed by atoms with Crippen molar-refractivity contribution in [3.63, 3.8) is 0 Å². The summed E-state index contributed by atoms with van der Waals surface area (Å²) < 4.78 is 0. The summed E-state index contributed by atoms with van der Waals surface area (Å²) in [5, 5.41) is 9.35. The second-order valence-electron chi connectivity index (χ2n) is 5.29. The topological polar surface area (TPSA) is 20.2 Å². The molecule has 0 unspecified atom stereocenters. The van der Waals surface area contributed by atoms with E-state index in [2.05, 4.69) is 12.7 Å². The third-order valence-corrected chi connectivity index (χ3v) is 3.63. The fraction of sp³-hybridized carbons (Fsp3) is 0.750. The second kappa shape index (κ2) is 9.47.